The number of carbonyl (C=O) groups is 3. The van der Waals surface area contributed by atoms with Crippen molar-refractivity contribution < 1.29 is 28.6 Å². The number of allylic oxidation sites excluding steroid dienone is 10. The lowest BCUT2D eigenvalue weighted by Crippen LogP contribution is -2.30. The van der Waals surface area contributed by atoms with Gasteiger partial charge in [-0.25, -0.2) is 0 Å². The van der Waals surface area contributed by atoms with Gasteiger partial charge in [-0.3, -0.25) is 14.4 Å². The lowest BCUT2D eigenvalue weighted by atomic mass is 10.0. The van der Waals surface area contributed by atoms with Gasteiger partial charge in [0.05, 0.1) is 0 Å². The van der Waals surface area contributed by atoms with E-state index in [1.807, 2.05) is 0 Å². The molecular weight excluding hydrogens is 901 g/mol. The maximum atomic E-state index is 12.8. The van der Waals surface area contributed by atoms with Crippen LogP contribution in [0.4, 0.5) is 0 Å². The normalized spacial score (nSPS) is 12.4. The predicted octanol–water partition coefficient (Wildman–Crippen LogP) is 21.6. The summed E-state index contributed by atoms with van der Waals surface area (Å²) >= 11 is 0. The highest BCUT2D eigenvalue weighted by Gasteiger charge is 2.19. The maximum absolute atomic E-state index is 12.8. The van der Waals surface area contributed by atoms with Crippen LogP contribution in [0.1, 0.15) is 329 Å². The highest BCUT2D eigenvalue weighted by Crippen LogP contribution is 2.17. The number of carbonyl (C=O) groups excluding carboxylic acids is 3. The van der Waals surface area contributed by atoms with Crippen molar-refractivity contribution >= 4 is 17.9 Å². The van der Waals surface area contributed by atoms with E-state index in [0.29, 0.717) is 19.3 Å². The Morgan fingerprint density at radius 2 is 0.534 bits per heavy atom. The third kappa shape index (κ3) is 59.9. The van der Waals surface area contributed by atoms with E-state index in [2.05, 4.69) is 81.5 Å². The fourth-order valence-corrected chi connectivity index (χ4v) is 9.25. The highest BCUT2D eigenvalue weighted by molar-refractivity contribution is 5.71. The second kappa shape index (κ2) is 61.7. The first kappa shape index (κ1) is 70.1. The van der Waals surface area contributed by atoms with Crippen molar-refractivity contribution in [1.82, 2.24) is 0 Å². The maximum Gasteiger partial charge on any atom is 0.306 e. The van der Waals surface area contributed by atoms with Crippen molar-refractivity contribution in [3.8, 4) is 0 Å². The molecule has 0 amide bonds. The molecule has 0 heterocycles. The first-order valence-corrected chi connectivity index (χ1v) is 31.8. The number of rotatable bonds is 58. The lowest BCUT2D eigenvalue weighted by Gasteiger charge is -2.18. The van der Waals surface area contributed by atoms with Crippen LogP contribution in [0, 0.1) is 0 Å². The molecule has 0 rings (SSSR count). The first-order valence-electron chi connectivity index (χ1n) is 31.8. The van der Waals surface area contributed by atoms with E-state index in [0.717, 1.165) is 83.5 Å². The fraction of sp³-hybridized carbons (Fsp3) is 0.806. The van der Waals surface area contributed by atoms with E-state index >= 15 is 0 Å². The predicted molar refractivity (Wildman–Crippen MR) is 316 cm³/mol. The average Bonchev–Trinajstić information content (AvgIpc) is 3.39. The Kier molecular flexibility index (Phi) is 59.2. The summed E-state index contributed by atoms with van der Waals surface area (Å²) in [5, 5.41) is 0. The smallest absolute Gasteiger partial charge is 0.306 e. The molecule has 0 aliphatic carbocycles. The van der Waals surface area contributed by atoms with Crippen molar-refractivity contribution in [2.45, 2.75) is 335 Å². The van der Waals surface area contributed by atoms with Crippen LogP contribution in [-0.4, -0.2) is 37.2 Å². The molecule has 0 saturated carbocycles. The molecule has 0 saturated heterocycles. The molecule has 0 aromatic carbocycles. The zero-order valence-electron chi connectivity index (χ0n) is 48.7. The van der Waals surface area contributed by atoms with Crippen molar-refractivity contribution in [3.05, 3.63) is 60.8 Å². The summed E-state index contributed by atoms with van der Waals surface area (Å²) in [6.45, 7) is 6.52. The van der Waals surface area contributed by atoms with Crippen LogP contribution < -0.4 is 0 Å². The van der Waals surface area contributed by atoms with E-state index in [-0.39, 0.29) is 31.1 Å². The molecule has 0 bridgehead atoms. The van der Waals surface area contributed by atoms with E-state index in [1.54, 1.807) is 0 Å². The minimum Gasteiger partial charge on any atom is -0.462 e. The van der Waals surface area contributed by atoms with Gasteiger partial charge >= 0.3 is 17.9 Å². The summed E-state index contributed by atoms with van der Waals surface area (Å²) in [6.07, 6.45) is 78.3. The van der Waals surface area contributed by atoms with Crippen LogP contribution in [0.2, 0.25) is 0 Å². The third-order valence-electron chi connectivity index (χ3n) is 14.0. The topological polar surface area (TPSA) is 78.9 Å². The van der Waals surface area contributed by atoms with Gasteiger partial charge in [-0.2, -0.15) is 0 Å². The summed E-state index contributed by atoms with van der Waals surface area (Å²) in [5.74, 6) is -0.863. The van der Waals surface area contributed by atoms with Gasteiger partial charge in [-0.05, 0) is 83.5 Å². The SMILES string of the molecule is CC/C=C\C/C=C\C/C=C\C/C=C\CCCCCCCCCCCCCCCCCCC(=O)OCC(COC(=O)CCCCCCCCC)OC(=O)CCCCCCCCCCC/C=C\CCCCCCCC. The molecular formula is C67H120O6. The number of hydrogen-bond acceptors (Lipinski definition) is 6. The molecule has 73 heavy (non-hydrogen) atoms. The van der Waals surface area contributed by atoms with Crippen molar-refractivity contribution in [3.63, 3.8) is 0 Å². The summed E-state index contributed by atoms with van der Waals surface area (Å²) in [5.41, 5.74) is 0. The zero-order valence-corrected chi connectivity index (χ0v) is 48.7. The molecule has 1 atom stereocenters. The second-order valence-electron chi connectivity index (χ2n) is 21.3. The molecule has 0 fully saturated rings. The molecule has 0 spiro atoms. The molecule has 0 aliphatic heterocycles. The van der Waals surface area contributed by atoms with E-state index in [9.17, 15) is 14.4 Å². The van der Waals surface area contributed by atoms with Crippen LogP contribution in [0.25, 0.3) is 0 Å². The minimum atomic E-state index is -0.770. The molecule has 424 valence electrons. The molecule has 0 aliphatic rings. The lowest BCUT2D eigenvalue weighted by molar-refractivity contribution is -0.167. The number of unbranched alkanes of at least 4 members (excludes halogenated alkanes) is 37. The monoisotopic (exact) mass is 1020 g/mol. The second-order valence-corrected chi connectivity index (χ2v) is 21.3. The van der Waals surface area contributed by atoms with Gasteiger partial charge in [0.2, 0.25) is 0 Å². The highest BCUT2D eigenvalue weighted by atomic mass is 16.6. The minimum absolute atomic E-state index is 0.0709. The molecule has 0 aromatic heterocycles. The van der Waals surface area contributed by atoms with Gasteiger partial charge in [0.1, 0.15) is 13.2 Å². The third-order valence-corrected chi connectivity index (χ3v) is 14.0. The Morgan fingerprint density at radius 3 is 0.849 bits per heavy atom. The Morgan fingerprint density at radius 1 is 0.288 bits per heavy atom. The molecule has 0 aromatic rings. The van der Waals surface area contributed by atoms with Gasteiger partial charge in [-0.1, -0.05) is 287 Å². The molecule has 6 heteroatoms. The molecule has 1 unspecified atom stereocenters. The van der Waals surface area contributed by atoms with Crippen LogP contribution in [0.5, 0.6) is 0 Å². The Bertz CT molecular complexity index is 1310. The largest absolute Gasteiger partial charge is 0.462 e. The summed E-state index contributed by atoms with van der Waals surface area (Å²) < 4.78 is 16.8. The van der Waals surface area contributed by atoms with Gasteiger partial charge in [0, 0.05) is 19.3 Å². The van der Waals surface area contributed by atoms with Crippen molar-refractivity contribution in [1.29, 1.82) is 0 Å². The summed E-state index contributed by atoms with van der Waals surface area (Å²) in [6, 6.07) is 0. The summed E-state index contributed by atoms with van der Waals surface area (Å²) in [4.78, 5) is 38.1. The number of ether oxygens (including phenoxy) is 3. The quantitative estimate of drug-likeness (QED) is 0.0261. The first-order chi connectivity index (χ1) is 36.0. The fourth-order valence-electron chi connectivity index (χ4n) is 9.25. The van der Waals surface area contributed by atoms with Gasteiger partial charge in [0.15, 0.2) is 6.10 Å². The van der Waals surface area contributed by atoms with E-state index < -0.39 is 6.10 Å². The molecule has 0 radical (unpaired) electrons. The van der Waals surface area contributed by atoms with Crippen LogP contribution in [0.3, 0.4) is 0 Å². The van der Waals surface area contributed by atoms with Crippen LogP contribution >= 0.6 is 0 Å². The Hall–Kier alpha value is -2.89. The van der Waals surface area contributed by atoms with Crippen LogP contribution in [0.15, 0.2) is 60.8 Å². The molecule has 0 N–H and O–H groups in total. The van der Waals surface area contributed by atoms with Gasteiger partial charge < -0.3 is 14.2 Å². The zero-order chi connectivity index (χ0) is 52.9. The van der Waals surface area contributed by atoms with Crippen LogP contribution in [-0.2, 0) is 28.6 Å². The molecule has 6 nitrogen and oxygen atoms in total. The van der Waals surface area contributed by atoms with Crippen molar-refractivity contribution in [2.24, 2.45) is 0 Å². The van der Waals surface area contributed by atoms with E-state index in [1.165, 1.54) is 205 Å². The Labute approximate surface area is 453 Å². The van der Waals surface area contributed by atoms with Crippen molar-refractivity contribution in [2.75, 3.05) is 13.2 Å². The standard InChI is InChI=1S/C67H120O6/c1-4-7-10-13-16-18-20-22-24-26-28-29-30-31-32-33-34-35-36-37-39-40-42-44-46-48-51-54-57-60-66(69)72-63-64(62-71-65(68)59-56-53-50-15-12-9-6-3)73-67(70)61-58-55-52-49-47-45-43-41-38-27-25-23-21-19-17-14-11-8-5-2/h7,10,16,18,22-25,28-29,64H,4-6,8-9,11-15,17,19-21,26-27,30-63H2,1-3H3/b10-7-,18-16-,24-22-,25-23-,29-28-. The van der Waals surface area contributed by atoms with Gasteiger partial charge in [-0.15, -0.1) is 0 Å². The summed E-state index contributed by atoms with van der Waals surface area (Å²) in [7, 11) is 0. The average molecular weight is 1020 g/mol. The number of hydrogen-bond donors (Lipinski definition) is 0. The van der Waals surface area contributed by atoms with E-state index in [4.69, 9.17) is 14.2 Å². The number of esters is 3. The Balaban J connectivity index is 4.06. The van der Waals surface area contributed by atoms with Gasteiger partial charge in [0.25, 0.3) is 0 Å².